The minimum atomic E-state index is 0. The fourth-order valence-corrected chi connectivity index (χ4v) is 3.40. The molecule has 0 aromatic carbocycles. The monoisotopic (exact) mass is 506 g/mol. The zero-order valence-corrected chi connectivity index (χ0v) is 20.3. The molecule has 0 radical (unpaired) electrons. The number of halogens is 1. The van der Waals surface area contributed by atoms with E-state index in [1.165, 1.54) is 12.0 Å². The molecule has 7 nitrogen and oxygen atoms in total. The Hall–Kier alpha value is -0.870. The number of aromatic nitrogens is 2. The number of nitrogens with one attached hydrogen (secondary N) is 2. The van der Waals surface area contributed by atoms with E-state index >= 15 is 0 Å². The summed E-state index contributed by atoms with van der Waals surface area (Å²) in [6.07, 6.45) is 6.17. The lowest BCUT2D eigenvalue weighted by Gasteiger charge is -2.34. The Morgan fingerprint density at radius 3 is 2.64 bits per heavy atom. The molecule has 0 amide bonds. The summed E-state index contributed by atoms with van der Waals surface area (Å²) >= 11 is 0. The molecule has 1 atom stereocenters. The van der Waals surface area contributed by atoms with Crippen LogP contribution in [0.1, 0.15) is 39.2 Å². The highest BCUT2D eigenvalue weighted by Gasteiger charge is 2.21. The van der Waals surface area contributed by atoms with Crippen LogP contribution in [0.15, 0.2) is 17.4 Å². The SMILES string of the molecule is CCNC(=NCC(CC(C)C)N1CCOCC1)NCCCn1cc(C)cn1.I. The molecule has 2 N–H and O–H groups in total. The Morgan fingerprint density at radius 2 is 2.04 bits per heavy atom. The topological polar surface area (TPSA) is 66.7 Å². The van der Waals surface area contributed by atoms with E-state index in [1.54, 1.807) is 0 Å². The fraction of sp³-hybridized carbons (Fsp3) is 0.800. The van der Waals surface area contributed by atoms with Crippen molar-refractivity contribution in [1.29, 1.82) is 0 Å². The highest BCUT2D eigenvalue weighted by Crippen LogP contribution is 2.14. The Bertz CT molecular complexity index is 557. The summed E-state index contributed by atoms with van der Waals surface area (Å²) in [6.45, 7) is 16.0. The van der Waals surface area contributed by atoms with Gasteiger partial charge in [-0.3, -0.25) is 14.6 Å². The standard InChI is InChI=1S/C20H38N6O.HI/c1-5-21-20(22-7-6-8-26-16-18(4)14-24-26)23-15-19(13-17(2)3)25-9-11-27-12-10-25;/h14,16-17,19H,5-13,15H2,1-4H3,(H2,21,22,23);1H. The molecule has 0 spiro atoms. The lowest BCUT2D eigenvalue weighted by molar-refractivity contribution is 0.0143. The second kappa shape index (κ2) is 14.2. The van der Waals surface area contributed by atoms with E-state index in [0.717, 1.165) is 64.9 Å². The third kappa shape index (κ3) is 9.56. The molecule has 1 aliphatic heterocycles. The van der Waals surface area contributed by atoms with Crippen LogP contribution in [-0.4, -0.2) is 72.6 Å². The number of aryl methyl sites for hydroxylation is 2. The predicted molar refractivity (Wildman–Crippen MR) is 127 cm³/mol. The van der Waals surface area contributed by atoms with Crippen LogP contribution in [0.5, 0.6) is 0 Å². The minimum absolute atomic E-state index is 0. The Balaban J connectivity index is 0.00000392. The fourth-order valence-electron chi connectivity index (χ4n) is 3.40. The molecule has 0 bridgehead atoms. The number of morpholine rings is 1. The Morgan fingerprint density at radius 1 is 1.29 bits per heavy atom. The summed E-state index contributed by atoms with van der Waals surface area (Å²) in [5.41, 5.74) is 1.21. The van der Waals surface area contributed by atoms with Crippen LogP contribution in [0.3, 0.4) is 0 Å². The number of nitrogens with zero attached hydrogens (tertiary/aromatic N) is 4. The van der Waals surface area contributed by atoms with Gasteiger partial charge in [-0.05, 0) is 38.2 Å². The lowest BCUT2D eigenvalue weighted by Crippen LogP contribution is -2.46. The van der Waals surface area contributed by atoms with Gasteiger partial charge in [0.2, 0.25) is 0 Å². The number of hydrogen-bond acceptors (Lipinski definition) is 4. The molecule has 1 fully saturated rings. The predicted octanol–water partition coefficient (Wildman–Crippen LogP) is 2.50. The van der Waals surface area contributed by atoms with Gasteiger partial charge in [0, 0.05) is 45.0 Å². The van der Waals surface area contributed by atoms with Crippen LogP contribution in [0.25, 0.3) is 0 Å². The molecule has 0 aliphatic carbocycles. The van der Waals surface area contributed by atoms with E-state index in [9.17, 15) is 0 Å². The average Bonchev–Trinajstić information content (AvgIpc) is 3.07. The molecule has 1 saturated heterocycles. The Kier molecular flexibility index (Phi) is 12.7. The molecule has 1 aromatic rings. The molecule has 1 unspecified atom stereocenters. The Labute approximate surface area is 187 Å². The maximum atomic E-state index is 5.51. The van der Waals surface area contributed by atoms with Crippen molar-refractivity contribution in [1.82, 2.24) is 25.3 Å². The highest BCUT2D eigenvalue weighted by molar-refractivity contribution is 14.0. The third-order valence-corrected chi connectivity index (χ3v) is 4.73. The molecule has 0 saturated carbocycles. The van der Waals surface area contributed by atoms with Gasteiger partial charge >= 0.3 is 0 Å². The summed E-state index contributed by atoms with van der Waals surface area (Å²) in [4.78, 5) is 7.42. The maximum Gasteiger partial charge on any atom is 0.191 e. The van der Waals surface area contributed by atoms with Crippen molar-refractivity contribution in [3.8, 4) is 0 Å². The van der Waals surface area contributed by atoms with Crippen LogP contribution in [0.2, 0.25) is 0 Å². The van der Waals surface area contributed by atoms with E-state index in [0.29, 0.717) is 12.0 Å². The van der Waals surface area contributed by atoms with Gasteiger partial charge in [0.1, 0.15) is 0 Å². The van der Waals surface area contributed by atoms with Gasteiger partial charge in [0.05, 0.1) is 26.0 Å². The molecule has 2 rings (SSSR count). The maximum absolute atomic E-state index is 5.51. The number of guanidine groups is 1. The van der Waals surface area contributed by atoms with Gasteiger partial charge in [-0.2, -0.15) is 5.10 Å². The van der Waals surface area contributed by atoms with E-state index in [2.05, 4.69) is 54.5 Å². The van der Waals surface area contributed by atoms with Gasteiger partial charge in [-0.15, -0.1) is 24.0 Å². The van der Waals surface area contributed by atoms with Crippen molar-refractivity contribution in [3.63, 3.8) is 0 Å². The van der Waals surface area contributed by atoms with Crippen LogP contribution in [-0.2, 0) is 11.3 Å². The first kappa shape index (κ1) is 25.2. The van der Waals surface area contributed by atoms with Gasteiger partial charge in [0.25, 0.3) is 0 Å². The molecule has 28 heavy (non-hydrogen) atoms. The molecule has 2 heterocycles. The highest BCUT2D eigenvalue weighted by atomic mass is 127. The van der Waals surface area contributed by atoms with Crippen molar-refractivity contribution in [2.24, 2.45) is 10.9 Å². The normalized spacial score (nSPS) is 16.7. The summed E-state index contributed by atoms with van der Waals surface area (Å²) in [5, 5.41) is 11.2. The lowest BCUT2D eigenvalue weighted by atomic mass is 10.0. The molecular weight excluding hydrogens is 467 g/mol. The van der Waals surface area contributed by atoms with Gasteiger partial charge < -0.3 is 15.4 Å². The molecule has 162 valence electrons. The van der Waals surface area contributed by atoms with Gasteiger partial charge in [0.15, 0.2) is 5.96 Å². The number of hydrogen-bond donors (Lipinski definition) is 2. The van der Waals surface area contributed by atoms with E-state index in [4.69, 9.17) is 9.73 Å². The molecule has 1 aromatic heterocycles. The van der Waals surface area contributed by atoms with Crippen LogP contribution >= 0.6 is 24.0 Å². The number of ether oxygens (including phenoxy) is 1. The number of rotatable bonds is 10. The van der Waals surface area contributed by atoms with Crippen molar-refractivity contribution < 1.29 is 4.74 Å². The van der Waals surface area contributed by atoms with Gasteiger partial charge in [-0.1, -0.05) is 13.8 Å². The van der Waals surface area contributed by atoms with Crippen molar-refractivity contribution in [2.75, 3.05) is 45.9 Å². The first-order valence-corrected chi connectivity index (χ1v) is 10.4. The van der Waals surface area contributed by atoms with Crippen LogP contribution in [0, 0.1) is 12.8 Å². The average molecular weight is 506 g/mol. The molecular formula is C20H39IN6O. The summed E-state index contributed by atoms with van der Waals surface area (Å²) in [7, 11) is 0. The molecule has 8 heteroatoms. The second-order valence-electron chi connectivity index (χ2n) is 7.71. The summed E-state index contributed by atoms with van der Waals surface area (Å²) in [6, 6.07) is 0.483. The van der Waals surface area contributed by atoms with E-state index < -0.39 is 0 Å². The van der Waals surface area contributed by atoms with Gasteiger partial charge in [-0.25, -0.2) is 0 Å². The number of aliphatic imine (C=N–C) groups is 1. The minimum Gasteiger partial charge on any atom is -0.379 e. The van der Waals surface area contributed by atoms with E-state index in [1.807, 2.05) is 10.9 Å². The first-order chi connectivity index (χ1) is 13.1. The van der Waals surface area contributed by atoms with Crippen molar-refractivity contribution >= 4 is 29.9 Å². The first-order valence-electron chi connectivity index (χ1n) is 10.4. The van der Waals surface area contributed by atoms with Crippen LogP contribution in [0.4, 0.5) is 0 Å². The zero-order chi connectivity index (χ0) is 19.5. The van der Waals surface area contributed by atoms with E-state index in [-0.39, 0.29) is 24.0 Å². The van der Waals surface area contributed by atoms with Crippen molar-refractivity contribution in [3.05, 3.63) is 18.0 Å². The second-order valence-corrected chi connectivity index (χ2v) is 7.71. The summed E-state index contributed by atoms with van der Waals surface area (Å²) in [5.74, 6) is 1.58. The smallest absolute Gasteiger partial charge is 0.191 e. The van der Waals surface area contributed by atoms with Crippen LogP contribution < -0.4 is 10.6 Å². The quantitative estimate of drug-likeness (QED) is 0.221. The largest absolute Gasteiger partial charge is 0.379 e. The zero-order valence-electron chi connectivity index (χ0n) is 18.0. The van der Waals surface area contributed by atoms with Crippen molar-refractivity contribution in [2.45, 2.75) is 53.1 Å². The summed E-state index contributed by atoms with van der Waals surface area (Å²) < 4.78 is 7.51. The molecule has 1 aliphatic rings. The third-order valence-electron chi connectivity index (χ3n) is 4.73.